The molecule has 5 heteroatoms. The molecule has 0 bridgehead atoms. The first-order chi connectivity index (χ1) is 10.3. The van der Waals surface area contributed by atoms with Crippen LogP contribution in [0.4, 0.5) is 5.82 Å². The van der Waals surface area contributed by atoms with Crippen molar-refractivity contribution in [1.82, 2.24) is 9.88 Å². The number of benzene rings is 1. The van der Waals surface area contributed by atoms with Gasteiger partial charge in [0.2, 0.25) is 0 Å². The zero-order valence-corrected chi connectivity index (χ0v) is 13.5. The van der Waals surface area contributed by atoms with E-state index in [1.54, 1.807) is 6.20 Å². The normalized spacial score (nSPS) is 18.8. The van der Waals surface area contributed by atoms with Crippen LogP contribution in [0.25, 0.3) is 0 Å². The van der Waals surface area contributed by atoms with Crippen molar-refractivity contribution in [2.75, 3.05) is 31.6 Å². The Bertz CT molecular complexity index is 593. The maximum atomic E-state index is 9.58. The van der Waals surface area contributed by atoms with Crippen LogP contribution in [0.3, 0.4) is 0 Å². The number of aliphatic hydroxyl groups is 1. The molecule has 0 saturated carbocycles. The monoisotopic (exact) mass is 319 g/mol. The number of hydrogen-bond acceptors (Lipinski definition) is 4. The molecule has 1 aliphatic heterocycles. The van der Waals surface area contributed by atoms with E-state index in [1.807, 2.05) is 18.2 Å². The second-order valence-corrected chi connectivity index (χ2v) is 5.53. The number of halogens is 1. The van der Waals surface area contributed by atoms with Crippen molar-refractivity contribution in [3.63, 3.8) is 0 Å². The molecule has 0 spiro atoms. The van der Waals surface area contributed by atoms with E-state index in [2.05, 4.69) is 46.1 Å². The molecule has 2 heterocycles. The van der Waals surface area contributed by atoms with Gasteiger partial charge in [0.05, 0.1) is 12.6 Å². The minimum absolute atomic E-state index is 0. The number of hydrogen-bond donors (Lipinski definition) is 1. The molecule has 118 valence electrons. The average Bonchev–Trinajstić information content (AvgIpc) is 2.55. The lowest BCUT2D eigenvalue weighted by molar-refractivity contribution is 0.262. The third-order valence-corrected chi connectivity index (χ3v) is 4.08. The van der Waals surface area contributed by atoms with Crippen LogP contribution in [0.5, 0.6) is 0 Å². The number of anilines is 1. The number of aromatic nitrogens is 1. The smallest absolute Gasteiger partial charge is 0.134 e. The number of likely N-dealkylation sites (N-methyl/N-ethyl adjacent to an activating group) is 1. The lowest BCUT2D eigenvalue weighted by atomic mass is 10.0. The molecule has 1 saturated heterocycles. The highest BCUT2D eigenvalue weighted by Gasteiger charge is 2.28. The van der Waals surface area contributed by atoms with Crippen molar-refractivity contribution in [1.29, 1.82) is 0 Å². The van der Waals surface area contributed by atoms with Crippen LogP contribution in [0.2, 0.25) is 0 Å². The Labute approximate surface area is 137 Å². The van der Waals surface area contributed by atoms with E-state index in [0.717, 1.165) is 31.0 Å². The molecule has 1 N–H and O–H groups in total. The zero-order valence-electron chi connectivity index (χ0n) is 12.7. The van der Waals surface area contributed by atoms with Gasteiger partial charge in [0.15, 0.2) is 0 Å². The lowest BCUT2D eigenvalue weighted by Crippen LogP contribution is -2.47. The molecule has 1 aliphatic rings. The average molecular weight is 320 g/mol. The maximum Gasteiger partial charge on any atom is 0.134 e. The first-order valence-electron chi connectivity index (χ1n) is 7.34. The Morgan fingerprint density at radius 2 is 1.91 bits per heavy atom. The van der Waals surface area contributed by atoms with Gasteiger partial charge in [-0.3, -0.25) is 0 Å². The molecule has 0 radical (unpaired) electrons. The van der Waals surface area contributed by atoms with E-state index in [4.69, 9.17) is 0 Å². The number of aliphatic hydroxyl groups excluding tert-OH is 1. The minimum Gasteiger partial charge on any atom is -0.392 e. The molecule has 0 amide bonds. The van der Waals surface area contributed by atoms with Gasteiger partial charge >= 0.3 is 0 Å². The molecular formula is C17H22ClN3O. The summed E-state index contributed by atoms with van der Waals surface area (Å²) in [5.74, 6) is 0.905. The van der Waals surface area contributed by atoms with E-state index >= 15 is 0 Å². The third-order valence-electron chi connectivity index (χ3n) is 4.08. The molecular weight excluding hydrogens is 298 g/mol. The molecule has 0 aliphatic carbocycles. The van der Waals surface area contributed by atoms with E-state index in [9.17, 15) is 5.11 Å². The van der Waals surface area contributed by atoms with Crippen LogP contribution in [0.15, 0.2) is 48.7 Å². The largest absolute Gasteiger partial charge is 0.392 e. The predicted molar refractivity (Wildman–Crippen MR) is 91.4 cm³/mol. The van der Waals surface area contributed by atoms with Crippen molar-refractivity contribution >= 4 is 18.2 Å². The molecule has 1 aromatic heterocycles. The summed E-state index contributed by atoms with van der Waals surface area (Å²) in [5.41, 5.74) is 2.18. The standard InChI is InChI=1S/C17H21N3O.ClH/c1-19-10-11-20(17-15(13-21)8-5-9-18-17)16(12-19)14-6-3-2-4-7-14;/h2-9,16,21H,10-13H2,1H3;1H. The fourth-order valence-electron chi connectivity index (χ4n) is 2.95. The molecule has 1 unspecified atom stereocenters. The van der Waals surface area contributed by atoms with Gasteiger partial charge in [-0.15, -0.1) is 12.4 Å². The predicted octanol–water partition coefficient (Wildman–Crippen LogP) is 2.49. The van der Waals surface area contributed by atoms with Crippen molar-refractivity contribution in [2.24, 2.45) is 0 Å². The Morgan fingerprint density at radius 1 is 1.14 bits per heavy atom. The van der Waals surface area contributed by atoms with Gasteiger partial charge in [-0.25, -0.2) is 4.98 Å². The summed E-state index contributed by atoms with van der Waals surface area (Å²) in [6, 6.07) is 14.6. The molecule has 2 aromatic rings. The Balaban J connectivity index is 0.00000176. The van der Waals surface area contributed by atoms with Crippen molar-refractivity contribution in [2.45, 2.75) is 12.6 Å². The summed E-state index contributed by atoms with van der Waals surface area (Å²) in [7, 11) is 2.15. The first kappa shape index (κ1) is 16.7. The molecule has 4 nitrogen and oxygen atoms in total. The third kappa shape index (κ3) is 3.40. The second kappa shape index (κ2) is 7.58. The summed E-state index contributed by atoms with van der Waals surface area (Å²) in [4.78, 5) is 9.18. The van der Waals surface area contributed by atoms with Gasteiger partial charge in [-0.2, -0.15) is 0 Å². The molecule has 1 aromatic carbocycles. The number of nitrogens with zero attached hydrogens (tertiary/aromatic N) is 3. The van der Waals surface area contributed by atoms with Crippen LogP contribution in [-0.2, 0) is 6.61 Å². The highest BCUT2D eigenvalue weighted by atomic mass is 35.5. The molecule has 3 rings (SSSR count). The Kier molecular flexibility index (Phi) is 5.77. The quantitative estimate of drug-likeness (QED) is 0.943. The fourth-order valence-corrected chi connectivity index (χ4v) is 2.95. The van der Waals surface area contributed by atoms with Crippen molar-refractivity contribution < 1.29 is 5.11 Å². The van der Waals surface area contributed by atoms with E-state index in [0.29, 0.717) is 0 Å². The number of piperazine rings is 1. The van der Waals surface area contributed by atoms with Crippen LogP contribution in [0.1, 0.15) is 17.2 Å². The number of rotatable bonds is 3. The highest BCUT2D eigenvalue weighted by molar-refractivity contribution is 5.85. The minimum atomic E-state index is 0. The van der Waals surface area contributed by atoms with Gasteiger partial charge < -0.3 is 14.9 Å². The Morgan fingerprint density at radius 3 is 2.64 bits per heavy atom. The van der Waals surface area contributed by atoms with E-state index in [1.165, 1.54) is 5.56 Å². The Hall–Kier alpha value is -1.62. The summed E-state index contributed by atoms with van der Waals surface area (Å²) in [6.45, 7) is 2.91. The summed E-state index contributed by atoms with van der Waals surface area (Å²) < 4.78 is 0. The fraction of sp³-hybridized carbons (Fsp3) is 0.353. The van der Waals surface area contributed by atoms with Crippen LogP contribution in [0, 0.1) is 0 Å². The van der Waals surface area contributed by atoms with Crippen molar-refractivity contribution in [3.05, 3.63) is 59.8 Å². The van der Waals surface area contributed by atoms with Gasteiger partial charge in [-0.1, -0.05) is 36.4 Å². The van der Waals surface area contributed by atoms with Crippen LogP contribution >= 0.6 is 12.4 Å². The van der Waals surface area contributed by atoms with Gasteiger partial charge in [0.1, 0.15) is 5.82 Å². The SMILES string of the molecule is CN1CCN(c2ncccc2CO)C(c2ccccc2)C1.Cl. The van der Waals surface area contributed by atoms with E-state index in [-0.39, 0.29) is 25.1 Å². The van der Waals surface area contributed by atoms with Crippen molar-refractivity contribution in [3.8, 4) is 0 Å². The van der Waals surface area contributed by atoms with Crippen LogP contribution < -0.4 is 4.90 Å². The van der Waals surface area contributed by atoms with Crippen LogP contribution in [-0.4, -0.2) is 41.7 Å². The highest BCUT2D eigenvalue weighted by Crippen LogP contribution is 2.31. The summed E-state index contributed by atoms with van der Waals surface area (Å²) >= 11 is 0. The topological polar surface area (TPSA) is 39.6 Å². The molecule has 1 fully saturated rings. The molecule has 22 heavy (non-hydrogen) atoms. The molecule has 1 atom stereocenters. The zero-order chi connectivity index (χ0) is 14.7. The summed E-state index contributed by atoms with van der Waals surface area (Å²) in [5, 5.41) is 9.58. The van der Waals surface area contributed by atoms with Gasteiger partial charge in [0, 0.05) is 31.4 Å². The summed E-state index contributed by atoms with van der Waals surface area (Å²) in [6.07, 6.45) is 1.80. The number of pyridine rings is 1. The van der Waals surface area contributed by atoms with Gasteiger partial charge in [-0.05, 0) is 18.7 Å². The first-order valence-corrected chi connectivity index (χ1v) is 7.34. The second-order valence-electron chi connectivity index (χ2n) is 5.53. The van der Waals surface area contributed by atoms with Gasteiger partial charge in [0.25, 0.3) is 0 Å². The van der Waals surface area contributed by atoms with E-state index < -0.39 is 0 Å². The lowest BCUT2D eigenvalue weighted by Gasteiger charge is -2.41. The maximum absolute atomic E-state index is 9.58.